The lowest BCUT2D eigenvalue weighted by Crippen LogP contribution is -2.16. The van der Waals surface area contributed by atoms with E-state index in [-0.39, 0.29) is 0 Å². The van der Waals surface area contributed by atoms with Crippen molar-refractivity contribution in [2.75, 3.05) is 6.54 Å². The van der Waals surface area contributed by atoms with Crippen LogP contribution in [0, 0.1) is 6.92 Å². The van der Waals surface area contributed by atoms with Gasteiger partial charge in [-0.1, -0.05) is 12.1 Å². The Balaban J connectivity index is 1.56. The normalized spacial score (nSPS) is 11.1. The smallest absolute Gasteiger partial charge is 0.0705 e. The topological polar surface area (TPSA) is 24.9 Å². The lowest BCUT2D eigenvalue weighted by atomic mass is 10.1. The second-order valence-corrected chi connectivity index (χ2v) is 7.66. The fourth-order valence-corrected chi connectivity index (χ4v) is 3.80. The molecule has 2 aromatic heterocycles. The number of pyridine rings is 1. The highest BCUT2D eigenvalue weighted by molar-refractivity contribution is 9.11. The molecule has 0 fully saturated rings. The first-order valence-corrected chi connectivity index (χ1v) is 8.63. The molecule has 0 saturated carbocycles. The molecule has 1 N–H and O–H groups in total. The van der Waals surface area contributed by atoms with Gasteiger partial charge < -0.3 is 5.32 Å². The van der Waals surface area contributed by atoms with Gasteiger partial charge in [-0.15, -0.1) is 11.3 Å². The number of hydrogen-bond donors (Lipinski definition) is 1. The summed E-state index contributed by atoms with van der Waals surface area (Å²) in [6.45, 7) is 3.92. The number of aromatic nitrogens is 1. The minimum absolute atomic E-state index is 0.899. The minimum atomic E-state index is 0.899. The van der Waals surface area contributed by atoms with E-state index in [1.807, 2.05) is 6.92 Å². The molecule has 0 bridgehead atoms. The Morgan fingerprint density at radius 1 is 1.14 bits per heavy atom. The van der Waals surface area contributed by atoms with Crippen LogP contribution in [0.5, 0.6) is 0 Å². The molecule has 1 aromatic carbocycles. The summed E-state index contributed by atoms with van der Waals surface area (Å²) in [6.07, 6.45) is 1.07. The summed E-state index contributed by atoms with van der Waals surface area (Å²) < 4.78 is 1.20. The van der Waals surface area contributed by atoms with Gasteiger partial charge in [0.15, 0.2) is 0 Å². The monoisotopic (exact) mass is 360 g/mol. The Labute approximate surface area is 137 Å². The number of nitrogens with zero attached hydrogens (tertiary/aromatic N) is 1. The van der Waals surface area contributed by atoms with Crippen LogP contribution in [-0.4, -0.2) is 11.5 Å². The highest BCUT2D eigenvalue weighted by Gasteiger charge is 2.00. The number of thiophene rings is 1. The van der Waals surface area contributed by atoms with E-state index < -0.39 is 0 Å². The molecule has 0 amide bonds. The van der Waals surface area contributed by atoms with Gasteiger partial charge in [0.1, 0.15) is 0 Å². The van der Waals surface area contributed by atoms with Gasteiger partial charge in [-0.05, 0) is 65.2 Å². The molecule has 0 radical (unpaired) electrons. The zero-order chi connectivity index (χ0) is 14.7. The standard InChI is InChI=1S/C17H17BrN2S/c1-12-2-4-14-10-13(3-6-16(14)20-12)11-19-9-8-15-5-7-17(18)21-15/h2-7,10,19H,8-9,11H2,1H3. The molecule has 108 valence electrons. The summed E-state index contributed by atoms with van der Waals surface area (Å²) in [7, 11) is 0. The molecule has 2 nitrogen and oxygen atoms in total. The van der Waals surface area contributed by atoms with Gasteiger partial charge in [0.05, 0.1) is 9.30 Å². The quantitative estimate of drug-likeness (QED) is 0.667. The minimum Gasteiger partial charge on any atom is -0.312 e. The third-order valence-electron chi connectivity index (χ3n) is 3.40. The number of benzene rings is 1. The van der Waals surface area contributed by atoms with Gasteiger partial charge in [0.25, 0.3) is 0 Å². The maximum Gasteiger partial charge on any atom is 0.0705 e. The van der Waals surface area contributed by atoms with Crippen molar-refractivity contribution in [2.45, 2.75) is 19.9 Å². The van der Waals surface area contributed by atoms with Crippen LogP contribution in [0.2, 0.25) is 0 Å². The van der Waals surface area contributed by atoms with Gasteiger partial charge in [0, 0.05) is 29.0 Å². The molecule has 0 aliphatic heterocycles. The van der Waals surface area contributed by atoms with Crippen LogP contribution in [0.15, 0.2) is 46.3 Å². The zero-order valence-electron chi connectivity index (χ0n) is 11.9. The first-order valence-electron chi connectivity index (χ1n) is 7.02. The third-order valence-corrected chi connectivity index (χ3v) is 5.08. The van der Waals surface area contributed by atoms with Crippen molar-refractivity contribution in [3.05, 3.63) is 62.4 Å². The van der Waals surface area contributed by atoms with E-state index in [1.165, 1.54) is 19.6 Å². The van der Waals surface area contributed by atoms with Crippen molar-refractivity contribution < 1.29 is 0 Å². The Kier molecular flexibility index (Phi) is 4.68. The average Bonchev–Trinajstić information content (AvgIpc) is 2.89. The summed E-state index contributed by atoms with van der Waals surface area (Å²) in [5, 5.41) is 4.72. The third kappa shape index (κ3) is 3.90. The van der Waals surface area contributed by atoms with E-state index in [0.29, 0.717) is 0 Å². The molecular formula is C17H17BrN2S. The first-order chi connectivity index (χ1) is 10.2. The Bertz CT molecular complexity index is 751. The first kappa shape index (κ1) is 14.7. The predicted molar refractivity (Wildman–Crippen MR) is 93.9 cm³/mol. The van der Waals surface area contributed by atoms with Crippen molar-refractivity contribution in [3.63, 3.8) is 0 Å². The molecule has 3 rings (SSSR count). The predicted octanol–water partition coefficient (Wildman–Crippen LogP) is 4.70. The highest BCUT2D eigenvalue weighted by Crippen LogP contribution is 2.22. The van der Waals surface area contributed by atoms with Crippen LogP contribution in [-0.2, 0) is 13.0 Å². The number of rotatable bonds is 5. The van der Waals surface area contributed by atoms with Crippen LogP contribution in [0.1, 0.15) is 16.1 Å². The lowest BCUT2D eigenvalue weighted by Gasteiger charge is -2.06. The average molecular weight is 361 g/mol. The zero-order valence-corrected chi connectivity index (χ0v) is 14.3. The summed E-state index contributed by atoms with van der Waals surface area (Å²) in [5.74, 6) is 0. The molecule has 21 heavy (non-hydrogen) atoms. The maximum absolute atomic E-state index is 4.53. The largest absolute Gasteiger partial charge is 0.312 e. The molecule has 0 atom stereocenters. The van der Waals surface area contributed by atoms with E-state index >= 15 is 0 Å². The molecule has 4 heteroatoms. The fraction of sp³-hybridized carbons (Fsp3) is 0.235. The van der Waals surface area contributed by atoms with Crippen molar-refractivity contribution in [1.82, 2.24) is 10.3 Å². The molecule has 0 saturated heterocycles. The summed E-state index contributed by atoms with van der Waals surface area (Å²) in [4.78, 5) is 5.94. The molecule has 0 aliphatic rings. The van der Waals surface area contributed by atoms with Crippen LogP contribution in [0.3, 0.4) is 0 Å². The van der Waals surface area contributed by atoms with Crippen molar-refractivity contribution >= 4 is 38.2 Å². The number of aryl methyl sites for hydroxylation is 1. The Hall–Kier alpha value is -1.23. The van der Waals surface area contributed by atoms with Gasteiger partial charge in [-0.3, -0.25) is 4.98 Å². The van der Waals surface area contributed by atoms with Crippen LogP contribution in [0.25, 0.3) is 10.9 Å². The Morgan fingerprint density at radius 3 is 2.86 bits per heavy atom. The van der Waals surface area contributed by atoms with E-state index in [9.17, 15) is 0 Å². The molecule has 3 aromatic rings. The molecule has 0 spiro atoms. The second-order valence-electron chi connectivity index (χ2n) is 5.11. The fourth-order valence-electron chi connectivity index (χ4n) is 2.32. The van der Waals surface area contributed by atoms with E-state index in [1.54, 1.807) is 11.3 Å². The van der Waals surface area contributed by atoms with Gasteiger partial charge in [0.2, 0.25) is 0 Å². The van der Waals surface area contributed by atoms with Crippen LogP contribution >= 0.6 is 27.3 Å². The Morgan fingerprint density at radius 2 is 2.05 bits per heavy atom. The van der Waals surface area contributed by atoms with Crippen LogP contribution in [0.4, 0.5) is 0 Å². The molecular weight excluding hydrogens is 344 g/mol. The van der Waals surface area contributed by atoms with E-state index in [4.69, 9.17) is 0 Å². The van der Waals surface area contributed by atoms with Crippen molar-refractivity contribution in [1.29, 1.82) is 0 Å². The lowest BCUT2D eigenvalue weighted by molar-refractivity contribution is 0.691. The molecule has 2 heterocycles. The van der Waals surface area contributed by atoms with Crippen molar-refractivity contribution in [2.24, 2.45) is 0 Å². The number of nitrogens with one attached hydrogen (secondary N) is 1. The molecule has 0 unspecified atom stereocenters. The number of hydrogen-bond acceptors (Lipinski definition) is 3. The van der Waals surface area contributed by atoms with E-state index in [2.05, 4.69) is 68.7 Å². The van der Waals surface area contributed by atoms with Crippen LogP contribution < -0.4 is 5.32 Å². The van der Waals surface area contributed by atoms with Gasteiger partial charge >= 0.3 is 0 Å². The van der Waals surface area contributed by atoms with Gasteiger partial charge in [-0.25, -0.2) is 0 Å². The molecule has 0 aliphatic carbocycles. The highest BCUT2D eigenvalue weighted by atomic mass is 79.9. The van der Waals surface area contributed by atoms with Crippen molar-refractivity contribution in [3.8, 4) is 0 Å². The summed E-state index contributed by atoms with van der Waals surface area (Å²) in [6, 6.07) is 15.0. The summed E-state index contributed by atoms with van der Waals surface area (Å²) >= 11 is 5.30. The van der Waals surface area contributed by atoms with E-state index in [0.717, 1.165) is 30.7 Å². The number of halogens is 1. The second kappa shape index (κ2) is 6.69. The SMILES string of the molecule is Cc1ccc2cc(CNCCc3ccc(Br)s3)ccc2n1. The van der Waals surface area contributed by atoms with Gasteiger partial charge in [-0.2, -0.15) is 0 Å². The maximum atomic E-state index is 4.53. The number of fused-ring (bicyclic) bond motifs is 1. The summed E-state index contributed by atoms with van der Waals surface area (Å²) in [5.41, 5.74) is 3.44.